The highest BCUT2D eigenvalue weighted by molar-refractivity contribution is 6.01. The fourth-order valence-corrected chi connectivity index (χ4v) is 3.13. The Morgan fingerprint density at radius 3 is 2.70 bits per heavy atom. The molecule has 7 nitrogen and oxygen atoms in total. The molecule has 1 aliphatic rings. The van der Waals surface area contributed by atoms with E-state index in [0.29, 0.717) is 23.0 Å². The minimum atomic E-state index is -0.596. The Labute approximate surface area is 159 Å². The summed E-state index contributed by atoms with van der Waals surface area (Å²) in [5.74, 6) is 0.172. The maximum absolute atomic E-state index is 12.5. The molecule has 0 spiro atoms. The Morgan fingerprint density at radius 1 is 1.33 bits per heavy atom. The maximum atomic E-state index is 12.5. The summed E-state index contributed by atoms with van der Waals surface area (Å²) in [6.45, 7) is 1.85. The Hall–Kier alpha value is -3.01. The average Bonchev–Trinajstić information content (AvgIpc) is 2.66. The first-order chi connectivity index (χ1) is 12.9. The van der Waals surface area contributed by atoms with Crippen molar-refractivity contribution >= 4 is 17.9 Å². The molecule has 0 radical (unpaired) electrons. The van der Waals surface area contributed by atoms with Crippen LogP contribution in [-0.4, -0.2) is 31.6 Å². The number of amides is 2. The van der Waals surface area contributed by atoms with Gasteiger partial charge in [0, 0.05) is 6.04 Å². The van der Waals surface area contributed by atoms with Gasteiger partial charge >= 0.3 is 0 Å². The average molecular weight is 371 g/mol. The minimum absolute atomic E-state index is 0.0284. The van der Waals surface area contributed by atoms with Crippen LogP contribution in [0.5, 0.6) is 11.5 Å². The van der Waals surface area contributed by atoms with Gasteiger partial charge < -0.3 is 20.5 Å². The number of rotatable bonds is 7. The molecule has 0 unspecified atom stereocenters. The van der Waals surface area contributed by atoms with Gasteiger partial charge in [-0.15, -0.1) is 0 Å². The summed E-state index contributed by atoms with van der Waals surface area (Å²) in [7, 11) is 1.46. The zero-order valence-corrected chi connectivity index (χ0v) is 15.7. The van der Waals surface area contributed by atoms with Crippen molar-refractivity contribution in [2.45, 2.75) is 38.6 Å². The molecule has 2 amide bonds. The second kappa shape index (κ2) is 9.62. The van der Waals surface area contributed by atoms with Crippen LogP contribution in [0.15, 0.2) is 23.8 Å². The molecule has 1 fully saturated rings. The fraction of sp³-hybridized carbons (Fsp3) is 0.450. The number of ether oxygens (including phenoxy) is 2. The lowest BCUT2D eigenvalue weighted by Gasteiger charge is -2.29. The lowest BCUT2D eigenvalue weighted by Crippen LogP contribution is -2.41. The third-order valence-electron chi connectivity index (χ3n) is 4.66. The SMILES string of the molecule is COc1cc(/C=C(\C#N)C(=O)N[C@H]2CCCC[C@H]2C)ccc1OCC(N)=O. The van der Waals surface area contributed by atoms with E-state index in [1.165, 1.54) is 19.6 Å². The highest BCUT2D eigenvalue weighted by atomic mass is 16.5. The number of benzene rings is 1. The van der Waals surface area contributed by atoms with Crippen LogP contribution >= 0.6 is 0 Å². The van der Waals surface area contributed by atoms with Crippen molar-refractivity contribution in [1.82, 2.24) is 5.32 Å². The van der Waals surface area contributed by atoms with E-state index in [2.05, 4.69) is 12.2 Å². The summed E-state index contributed by atoms with van der Waals surface area (Å²) >= 11 is 0. The highest BCUT2D eigenvalue weighted by Crippen LogP contribution is 2.29. The minimum Gasteiger partial charge on any atom is -0.493 e. The van der Waals surface area contributed by atoms with Gasteiger partial charge in [0.15, 0.2) is 18.1 Å². The number of hydrogen-bond acceptors (Lipinski definition) is 5. The second-order valence-electron chi connectivity index (χ2n) is 6.68. The number of primary amides is 1. The monoisotopic (exact) mass is 371 g/mol. The molecule has 7 heteroatoms. The molecular formula is C20H25N3O4. The fourth-order valence-electron chi connectivity index (χ4n) is 3.13. The maximum Gasteiger partial charge on any atom is 0.262 e. The molecule has 27 heavy (non-hydrogen) atoms. The molecule has 1 aliphatic carbocycles. The van der Waals surface area contributed by atoms with Gasteiger partial charge in [0.05, 0.1) is 7.11 Å². The quantitative estimate of drug-likeness (QED) is 0.563. The van der Waals surface area contributed by atoms with E-state index in [1.807, 2.05) is 6.07 Å². The number of nitriles is 1. The first-order valence-electron chi connectivity index (χ1n) is 8.96. The van der Waals surface area contributed by atoms with Crippen LogP contribution in [-0.2, 0) is 9.59 Å². The molecule has 0 bridgehead atoms. The third kappa shape index (κ3) is 5.74. The van der Waals surface area contributed by atoms with E-state index in [9.17, 15) is 14.9 Å². The zero-order chi connectivity index (χ0) is 19.8. The first kappa shape index (κ1) is 20.3. The molecule has 3 N–H and O–H groups in total. The highest BCUT2D eigenvalue weighted by Gasteiger charge is 2.24. The van der Waals surface area contributed by atoms with Crippen molar-refractivity contribution in [3.8, 4) is 17.6 Å². The van der Waals surface area contributed by atoms with Crippen molar-refractivity contribution in [2.24, 2.45) is 11.7 Å². The number of hydrogen-bond donors (Lipinski definition) is 2. The summed E-state index contributed by atoms with van der Waals surface area (Å²) < 4.78 is 10.5. The smallest absolute Gasteiger partial charge is 0.262 e. The van der Waals surface area contributed by atoms with E-state index < -0.39 is 5.91 Å². The Balaban J connectivity index is 2.14. The van der Waals surface area contributed by atoms with Gasteiger partial charge in [0.1, 0.15) is 11.6 Å². The molecule has 1 aromatic rings. The van der Waals surface area contributed by atoms with Crippen LogP contribution in [0.2, 0.25) is 0 Å². The van der Waals surface area contributed by atoms with Gasteiger partial charge in [0.25, 0.3) is 11.8 Å². The number of carbonyl (C=O) groups excluding carboxylic acids is 2. The summed E-state index contributed by atoms with van der Waals surface area (Å²) in [6.07, 6.45) is 5.79. The van der Waals surface area contributed by atoms with Gasteiger partial charge in [-0.1, -0.05) is 25.8 Å². The number of nitrogens with zero attached hydrogens (tertiary/aromatic N) is 1. The van der Waals surface area contributed by atoms with Crippen LogP contribution in [0, 0.1) is 17.2 Å². The van der Waals surface area contributed by atoms with Gasteiger partial charge in [-0.2, -0.15) is 5.26 Å². The molecule has 2 rings (SSSR count). The number of nitrogens with one attached hydrogen (secondary N) is 1. The molecule has 0 aliphatic heterocycles. The predicted octanol–water partition coefficient (Wildman–Crippen LogP) is 2.16. The van der Waals surface area contributed by atoms with Crippen LogP contribution in [0.1, 0.15) is 38.2 Å². The Morgan fingerprint density at radius 2 is 2.07 bits per heavy atom. The largest absolute Gasteiger partial charge is 0.493 e. The van der Waals surface area contributed by atoms with E-state index in [4.69, 9.17) is 15.2 Å². The van der Waals surface area contributed by atoms with E-state index in [0.717, 1.165) is 19.3 Å². The standard InChI is InChI=1S/C20H25N3O4/c1-13-5-3-4-6-16(13)23-20(25)15(11-21)9-14-7-8-17(18(10-14)26-2)27-12-19(22)24/h7-10,13,16H,3-6,12H2,1-2H3,(H2,22,24)(H,23,25)/b15-9+/t13-,16+/m1/s1. The third-order valence-corrected chi connectivity index (χ3v) is 4.66. The van der Waals surface area contributed by atoms with Gasteiger partial charge in [-0.05, 0) is 42.5 Å². The van der Waals surface area contributed by atoms with Crippen molar-refractivity contribution in [3.63, 3.8) is 0 Å². The predicted molar refractivity (Wildman–Crippen MR) is 101 cm³/mol. The van der Waals surface area contributed by atoms with Gasteiger partial charge in [-0.3, -0.25) is 9.59 Å². The molecular weight excluding hydrogens is 346 g/mol. The topological polar surface area (TPSA) is 114 Å². The molecule has 2 atom stereocenters. The van der Waals surface area contributed by atoms with E-state index in [1.54, 1.807) is 18.2 Å². The van der Waals surface area contributed by atoms with E-state index in [-0.39, 0.29) is 24.1 Å². The summed E-state index contributed by atoms with van der Waals surface area (Å²) in [6, 6.07) is 6.97. The van der Waals surface area contributed by atoms with E-state index >= 15 is 0 Å². The van der Waals surface area contributed by atoms with Crippen LogP contribution in [0.3, 0.4) is 0 Å². The second-order valence-corrected chi connectivity index (χ2v) is 6.68. The molecule has 144 valence electrons. The van der Waals surface area contributed by atoms with Gasteiger partial charge in [-0.25, -0.2) is 0 Å². The lowest BCUT2D eigenvalue weighted by molar-refractivity contribution is -0.120. The molecule has 1 aromatic carbocycles. The number of carbonyl (C=O) groups is 2. The van der Waals surface area contributed by atoms with Crippen molar-refractivity contribution in [3.05, 3.63) is 29.3 Å². The zero-order valence-electron chi connectivity index (χ0n) is 15.7. The van der Waals surface area contributed by atoms with Gasteiger partial charge in [0.2, 0.25) is 0 Å². The molecule has 0 saturated heterocycles. The summed E-state index contributed by atoms with van der Waals surface area (Å²) in [5.41, 5.74) is 5.71. The van der Waals surface area contributed by atoms with Crippen LogP contribution in [0.25, 0.3) is 6.08 Å². The number of nitrogens with two attached hydrogens (primary N) is 1. The number of methoxy groups -OCH3 is 1. The Kier molecular flexibility index (Phi) is 7.24. The van der Waals surface area contributed by atoms with Crippen LogP contribution in [0.4, 0.5) is 0 Å². The van der Waals surface area contributed by atoms with Crippen molar-refractivity contribution in [1.29, 1.82) is 5.26 Å². The molecule has 0 heterocycles. The van der Waals surface area contributed by atoms with Crippen LogP contribution < -0.4 is 20.5 Å². The van der Waals surface area contributed by atoms with Crippen molar-refractivity contribution < 1.29 is 19.1 Å². The van der Waals surface area contributed by atoms with Crippen molar-refractivity contribution in [2.75, 3.05) is 13.7 Å². The molecule has 1 saturated carbocycles. The summed E-state index contributed by atoms with van der Waals surface area (Å²) in [5, 5.41) is 12.4. The first-order valence-corrected chi connectivity index (χ1v) is 8.96. The summed E-state index contributed by atoms with van der Waals surface area (Å²) in [4.78, 5) is 23.3. The lowest BCUT2D eigenvalue weighted by atomic mass is 9.86. The normalized spacial score (nSPS) is 19.7. The Bertz CT molecular complexity index is 767. The molecule has 0 aromatic heterocycles.